The van der Waals surface area contributed by atoms with Crippen molar-refractivity contribution in [2.45, 2.75) is 261 Å². The molecule has 15 heteroatoms. The van der Waals surface area contributed by atoms with Crippen LogP contribution in [0.15, 0.2) is 24.3 Å². The highest BCUT2D eigenvalue weighted by molar-refractivity contribution is 5.70. The van der Waals surface area contributed by atoms with E-state index in [1.807, 2.05) is 0 Å². The van der Waals surface area contributed by atoms with Crippen molar-refractivity contribution in [1.82, 2.24) is 0 Å². The number of allylic oxidation sites excluding steroid dienone is 4. The Hall–Kier alpha value is -2.02. The average Bonchev–Trinajstić information content (AvgIpc) is 3.31. The lowest BCUT2D eigenvalue weighted by molar-refractivity contribution is -0.332. The molecule has 2 aliphatic rings. The predicted molar refractivity (Wildman–Crippen MR) is 252 cm³/mol. The number of unbranched alkanes of at least 4 members (excludes halogenated alkanes) is 22. The molecule has 15 nitrogen and oxygen atoms in total. The van der Waals surface area contributed by atoms with Crippen molar-refractivity contribution < 1.29 is 73.8 Å². The molecule has 0 aromatic heterocycles. The molecule has 0 aliphatic carbocycles. The predicted octanol–water partition coefficient (Wildman–Crippen LogP) is 7.16. The summed E-state index contributed by atoms with van der Waals surface area (Å²) in [5, 5.41) is 72.0. The summed E-state index contributed by atoms with van der Waals surface area (Å²) in [6.07, 6.45) is 22.1. The molecular formula is C51H92O15. The first kappa shape index (κ1) is 60.1. The molecule has 386 valence electrons. The van der Waals surface area contributed by atoms with Crippen molar-refractivity contribution in [2.24, 2.45) is 0 Å². The lowest BCUT2D eigenvalue weighted by atomic mass is 9.98. The zero-order valence-electron chi connectivity index (χ0n) is 40.7. The van der Waals surface area contributed by atoms with Crippen LogP contribution in [-0.2, 0) is 38.0 Å². The molecule has 66 heavy (non-hydrogen) atoms. The van der Waals surface area contributed by atoms with Gasteiger partial charge in [-0.25, -0.2) is 0 Å². The molecule has 0 saturated carbocycles. The number of ether oxygens (including phenoxy) is 6. The fraction of sp³-hybridized carbons (Fsp3) is 0.882. The second kappa shape index (κ2) is 38.8. The summed E-state index contributed by atoms with van der Waals surface area (Å²) in [6.45, 7) is 2.56. The minimum atomic E-state index is -1.77. The Labute approximate surface area is 396 Å². The summed E-state index contributed by atoms with van der Waals surface area (Å²) < 4.78 is 33.5. The fourth-order valence-electron chi connectivity index (χ4n) is 8.09. The molecule has 2 fully saturated rings. The Bertz CT molecular complexity index is 1250. The second-order valence-electron chi connectivity index (χ2n) is 18.3. The number of carbonyl (C=O) groups is 2. The highest BCUT2D eigenvalue weighted by Gasteiger charge is 2.47. The molecule has 4 unspecified atom stereocenters. The number of esters is 2. The SMILES string of the molecule is CCCCCCCCCC/C=C/CCCCCC(=O)OC[C@H](CO[C@@H]1O[C@H](CO[C@@H]2O[C@H](CO)[C@H](O)C(O)C2O)[C@H](O)C(O)C1O)OC(=O)CCCCC/C=C/CCCCCCCCCC. The van der Waals surface area contributed by atoms with Crippen LogP contribution in [0.4, 0.5) is 0 Å². The van der Waals surface area contributed by atoms with Crippen molar-refractivity contribution in [2.75, 3.05) is 26.4 Å². The molecule has 2 heterocycles. The molecule has 0 aromatic rings. The highest BCUT2D eigenvalue weighted by Crippen LogP contribution is 2.26. The normalized spacial score (nSPS) is 26.3. The van der Waals surface area contributed by atoms with E-state index in [9.17, 15) is 45.3 Å². The summed E-state index contributed by atoms with van der Waals surface area (Å²) in [5.41, 5.74) is 0. The van der Waals surface area contributed by atoms with Gasteiger partial charge >= 0.3 is 11.9 Å². The Morgan fingerprint density at radius 3 is 1.33 bits per heavy atom. The van der Waals surface area contributed by atoms with Crippen molar-refractivity contribution in [1.29, 1.82) is 0 Å². The first-order valence-electron chi connectivity index (χ1n) is 25.9. The highest BCUT2D eigenvalue weighted by atomic mass is 16.7. The zero-order valence-corrected chi connectivity index (χ0v) is 40.7. The van der Waals surface area contributed by atoms with Crippen LogP contribution in [-0.4, -0.2) is 142 Å². The number of carbonyl (C=O) groups excluding carboxylic acids is 2. The third kappa shape index (κ3) is 26.7. The molecular weight excluding hydrogens is 853 g/mol. The van der Waals surface area contributed by atoms with E-state index in [1.54, 1.807) is 0 Å². The van der Waals surface area contributed by atoms with E-state index in [0.29, 0.717) is 12.8 Å². The summed E-state index contributed by atoms with van der Waals surface area (Å²) in [7, 11) is 0. The number of rotatable bonds is 40. The van der Waals surface area contributed by atoms with Gasteiger partial charge in [-0.15, -0.1) is 0 Å². The summed E-state index contributed by atoms with van der Waals surface area (Å²) >= 11 is 0. The van der Waals surface area contributed by atoms with Crippen molar-refractivity contribution in [3.8, 4) is 0 Å². The topological polar surface area (TPSA) is 231 Å². The smallest absolute Gasteiger partial charge is 0.306 e. The van der Waals surface area contributed by atoms with Crippen LogP contribution in [0.1, 0.15) is 194 Å². The number of hydrogen-bond acceptors (Lipinski definition) is 15. The van der Waals surface area contributed by atoms with Gasteiger partial charge in [-0.2, -0.15) is 0 Å². The van der Waals surface area contributed by atoms with Crippen LogP contribution in [0.5, 0.6) is 0 Å². The maximum Gasteiger partial charge on any atom is 0.306 e. The van der Waals surface area contributed by atoms with Crippen molar-refractivity contribution in [3.63, 3.8) is 0 Å². The van der Waals surface area contributed by atoms with Gasteiger partial charge in [-0.1, -0.05) is 141 Å². The molecule has 0 bridgehead atoms. The summed E-state index contributed by atoms with van der Waals surface area (Å²) in [5.74, 6) is -0.957. The van der Waals surface area contributed by atoms with E-state index in [1.165, 1.54) is 103 Å². The lowest BCUT2D eigenvalue weighted by Crippen LogP contribution is -2.61. The molecule has 2 saturated heterocycles. The Balaban J connectivity index is 1.82. The zero-order chi connectivity index (χ0) is 48.2. The summed E-state index contributed by atoms with van der Waals surface area (Å²) in [4.78, 5) is 25.7. The molecule has 0 radical (unpaired) electrons. The van der Waals surface area contributed by atoms with Crippen LogP contribution in [0.3, 0.4) is 0 Å². The maximum absolute atomic E-state index is 13.0. The third-order valence-corrected chi connectivity index (χ3v) is 12.4. The number of aliphatic hydroxyl groups is 7. The number of aliphatic hydroxyl groups excluding tert-OH is 7. The monoisotopic (exact) mass is 945 g/mol. The van der Waals surface area contributed by atoms with Gasteiger partial charge in [0.05, 0.1) is 19.8 Å². The molecule has 11 atom stereocenters. The average molecular weight is 945 g/mol. The van der Waals surface area contributed by atoms with E-state index >= 15 is 0 Å². The third-order valence-electron chi connectivity index (χ3n) is 12.4. The van der Waals surface area contributed by atoms with E-state index in [0.717, 1.165) is 51.4 Å². The quantitative estimate of drug-likeness (QED) is 0.0184. The van der Waals surface area contributed by atoms with Gasteiger partial charge in [0.2, 0.25) is 0 Å². The molecule has 2 aliphatic heterocycles. The minimum absolute atomic E-state index is 0.144. The molecule has 0 amide bonds. The van der Waals surface area contributed by atoms with Gasteiger partial charge in [-0.3, -0.25) is 9.59 Å². The molecule has 0 aromatic carbocycles. The van der Waals surface area contributed by atoms with Crippen molar-refractivity contribution >= 4 is 11.9 Å². The van der Waals surface area contributed by atoms with Gasteiger partial charge in [-0.05, 0) is 64.2 Å². The van der Waals surface area contributed by atoms with E-state index in [4.69, 9.17) is 28.4 Å². The van der Waals surface area contributed by atoms with Gasteiger partial charge in [0.15, 0.2) is 18.7 Å². The van der Waals surface area contributed by atoms with E-state index in [2.05, 4.69) is 38.2 Å². The molecule has 0 spiro atoms. The standard InChI is InChI=1S/C51H92O15/c1-3-5-7-9-11-13-15-17-19-21-23-25-27-29-31-33-42(53)61-36-39(64-43(54)34-32-30-28-26-24-22-20-18-16-14-12-10-8-6-4-2)37-62-50-49(60)47(58)45(56)41(66-50)38-63-51-48(59)46(57)44(55)40(35-52)65-51/h21-24,39-41,44-52,55-60H,3-20,25-38H2,1-2H3/b23-21+,24-22+/t39-,40-,41-,44+,45+,46?,47?,48?,49?,50-,51-/m1/s1. The second-order valence-corrected chi connectivity index (χ2v) is 18.3. The Kier molecular flexibility index (Phi) is 35.3. The minimum Gasteiger partial charge on any atom is -0.462 e. The van der Waals surface area contributed by atoms with Crippen molar-refractivity contribution in [3.05, 3.63) is 24.3 Å². The van der Waals surface area contributed by atoms with E-state index in [-0.39, 0.29) is 19.4 Å². The fourth-order valence-corrected chi connectivity index (χ4v) is 8.09. The number of hydrogen-bond donors (Lipinski definition) is 7. The van der Waals surface area contributed by atoms with Crippen LogP contribution < -0.4 is 0 Å². The first-order chi connectivity index (χ1) is 32.0. The first-order valence-corrected chi connectivity index (χ1v) is 25.9. The molecule has 7 N–H and O–H groups in total. The van der Waals surface area contributed by atoms with Gasteiger partial charge in [0.1, 0.15) is 55.4 Å². The van der Waals surface area contributed by atoms with Gasteiger partial charge in [0, 0.05) is 12.8 Å². The van der Waals surface area contributed by atoms with Crippen LogP contribution >= 0.6 is 0 Å². The largest absolute Gasteiger partial charge is 0.462 e. The van der Waals surface area contributed by atoms with Crippen LogP contribution in [0.25, 0.3) is 0 Å². The van der Waals surface area contributed by atoms with Gasteiger partial charge < -0.3 is 64.2 Å². The lowest BCUT2D eigenvalue weighted by Gasteiger charge is -2.42. The summed E-state index contributed by atoms with van der Waals surface area (Å²) in [6, 6.07) is 0. The Morgan fingerprint density at radius 1 is 0.470 bits per heavy atom. The van der Waals surface area contributed by atoms with Crippen LogP contribution in [0, 0.1) is 0 Å². The molecule has 2 rings (SSSR count). The van der Waals surface area contributed by atoms with Crippen LogP contribution in [0.2, 0.25) is 0 Å². The Morgan fingerprint density at radius 2 is 0.864 bits per heavy atom. The van der Waals surface area contributed by atoms with E-state index < -0.39 is 99.3 Å². The maximum atomic E-state index is 13.0. The van der Waals surface area contributed by atoms with Gasteiger partial charge in [0.25, 0.3) is 0 Å².